The molecule has 0 aliphatic carbocycles. The molecule has 1 aliphatic heterocycles. The largest absolute Gasteiger partial charge is 0.405 e. The van der Waals surface area contributed by atoms with Crippen molar-refractivity contribution < 1.29 is 18.0 Å². The molecule has 0 spiro atoms. The average molecular weight is 287 g/mol. The van der Waals surface area contributed by atoms with Gasteiger partial charge in [-0.25, -0.2) is 0 Å². The fraction of sp³-hybridized carbons (Fsp3) is 0.462. The minimum Gasteiger partial charge on any atom is -0.399 e. The summed E-state index contributed by atoms with van der Waals surface area (Å²) in [4.78, 5) is 13.3. The number of halogens is 3. The Labute approximate surface area is 114 Å². The summed E-state index contributed by atoms with van der Waals surface area (Å²) >= 11 is 0. The van der Waals surface area contributed by atoms with E-state index in [0.717, 1.165) is 24.1 Å². The van der Waals surface area contributed by atoms with E-state index in [9.17, 15) is 18.0 Å². The first-order valence-electron chi connectivity index (χ1n) is 6.32. The SMILES string of the molecule is Nc1ccc2c(c1)N(CC(=O)NCC(F)(F)F)CCC2. The van der Waals surface area contributed by atoms with Crippen LogP contribution in [-0.4, -0.2) is 31.7 Å². The van der Waals surface area contributed by atoms with Crippen molar-refractivity contribution >= 4 is 17.3 Å². The predicted octanol–water partition coefficient (Wildman–Crippen LogP) is 1.70. The van der Waals surface area contributed by atoms with E-state index in [0.29, 0.717) is 12.2 Å². The van der Waals surface area contributed by atoms with E-state index in [4.69, 9.17) is 5.73 Å². The number of nitrogens with zero attached hydrogens (tertiary/aromatic N) is 1. The number of alkyl halides is 3. The Kier molecular flexibility index (Phi) is 4.06. The molecule has 3 N–H and O–H groups in total. The Bertz CT molecular complexity index is 502. The minimum absolute atomic E-state index is 0.0907. The molecule has 1 amide bonds. The molecule has 20 heavy (non-hydrogen) atoms. The van der Waals surface area contributed by atoms with Gasteiger partial charge < -0.3 is 16.0 Å². The van der Waals surface area contributed by atoms with Crippen molar-refractivity contribution in [2.75, 3.05) is 30.3 Å². The maximum Gasteiger partial charge on any atom is 0.405 e. The normalized spacial score (nSPS) is 14.8. The van der Waals surface area contributed by atoms with E-state index < -0.39 is 18.6 Å². The molecule has 2 rings (SSSR count). The van der Waals surface area contributed by atoms with Crippen LogP contribution in [0.4, 0.5) is 24.5 Å². The Balaban J connectivity index is 2.01. The summed E-state index contributed by atoms with van der Waals surface area (Å²) in [5, 5.41) is 1.88. The van der Waals surface area contributed by atoms with Crippen molar-refractivity contribution in [1.29, 1.82) is 0 Å². The van der Waals surface area contributed by atoms with Crippen LogP contribution in [0.1, 0.15) is 12.0 Å². The second kappa shape index (κ2) is 5.60. The molecule has 1 aliphatic rings. The monoisotopic (exact) mass is 287 g/mol. The third kappa shape index (κ3) is 3.79. The molecule has 4 nitrogen and oxygen atoms in total. The number of fused-ring (bicyclic) bond motifs is 1. The topological polar surface area (TPSA) is 58.4 Å². The van der Waals surface area contributed by atoms with Gasteiger partial charge in [0.05, 0.1) is 6.54 Å². The highest BCUT2D eigenvalue weighted by Crippen LogP contribution is 2.28. The second-order valence-electron chi connectivity index (χ2n) is 4.81. The standard InChI is InChI=1S/C13H16F3N3O/c14-13(15,16)8-18-12(20)7-19-5-1-2-9-3-4-10(17)6-11(9)19/h3-4,6H,1-2,5,7-8,17H2,(H,18,20). The molecule has 0 radical (unpaired) electrons. The molecule has 7 heteroatoms. The van der Waals surface area contributed by atoms with E-state index >= 15 is 0 Å². The van der Waals surface area contributed by atoms with Crippen LogP contribution in [0.25, 0.3) is 0 Å². The lowest BCUT2D eigenvalue weighted by Crippen LogP contribution is -2.42. The van der Waals surface area contributed by atoms with Gasteiger partial charge in [-0.2, -0.15) is 13.2 Å². The van der Waals surface area contributed by atoms with Gasteiger partial charge in [0.15, 0.2) is 0 Å². The van der Waals surface area contributed by atoms with Gasteiger partial charge in [-0.1, -0.05) is 6.07 Å². The molecular weight excluding hydrogens is 271 g/mol. The summed E-state index contributed by atoms with van der Waals surface area (Å²) in [6, 6.07) is 5.43. The zero-order valence-electron chi connectivity index (χ0n) is 10.8. The van der Waals surface area contributed by atoms with Crippen LogP contribution < -0.4 is 16.0 Å². The summed E-state index contributed by atoms with van der Waals surface area (Å²) < 4.78 is 36.1. The van der Waals surface area contributed by atoms with Gasteiger partial charge >= 0.3 is 6.18 Å². The van der Waals surface area contributed by atoms with Crippen molar-refractivity contribution in [1.82, 2.24) is 5.32 Å². The van der Waals surface area contributed by atoms with Gasteiger partial charge in [-0.3, -0.25) is 4.79 Å². The van der Waals surface area contributed by atoms with E-state index in [-0.39, 0.29) is 6.54 Å². The molecule has 1 heterocycles. The van der Waals surface area contributed by atoms with Crippen LogP contribution in [-0.2, 0) is 11.2 Å². The molecule has 1 aromatic carbocycles. The fourth-order valence-electron chi connectivity index (χ4n) is 2.26. The number of hydrogen-bond acceptors (Lipinski definition) is 3. The van der Waals surface area contributed by atoms with Crippen LogP contribution in [0, 0.1) is 0 Å². The van der Waals surface area contributed by atoms with Crippen molar-refractivity contribution in [2.24, 2.45) is 0 Å². The first kappa shape index (κ1) is 14.5. The zero-order chi connectivity index (χ0) is 14.8. The highest BCUT2D eigenvalue weighted by molar-refractivity contribution is 5.82. The zero-order valence-corrected chi connectivity index (χ0v) is 10.8. The average Bonchev–Trinajstić information content (AvgIpc) is 2.36. The van der Waals surface area contributed by atoms with Crippen molar-refractivity contribution in [2.45, 2.75) is 19.0 Å². The molecule has 0 saturated carbocycles. The lowest BCUT2D eigenvalue weighted by atomic mass is 10.0. The van der Waals surface area contributed by atoms with Gasteiger partial charge in [0.1, 0.15) is 6.54 Å². The molecule has 1 aromatic rings. The summed E-state index contributed by atoms with van der Waals surface area (Å²) in [5.74, 6) is -0.641. The maximum absolute atomic E-state index is 12.0. The highest BCUT2D eigenvalue weighted by atomic mass is 19.4. The first-order chi connectivity index (χ1) is 9.35. The van der Waals surface area contributed by atoms with Gasteiger partial charge in [0, 0.05) is 17.9 Å². The van der Waals surface area contributed by atoms with E-state index in [1.54, 1.807) is 17.0 Å². The number of hydrogen-bond donors (Lipinski definition) is 2. The van der Waals surface area contributed by atoms with Crippen LogP contribution in [0.5, 0.6) is 0 Å². The van der Waals surface area contributed by atoms with E-state index in [1.807, 2.05) is 11.4 Å². The minimum atomic E-state index is -4.39. The van der Waals surface area contributed by atoms with Crippen LogP contribution in [0.3, 0.4) is 0 Å². The molecule has 0 fully saturated rings. The number of nitrogens with two attached hydrogens (primary N) is 1. The summed E-state index contributed by atoms with van der Waals surface area (Å²) in [7, 11) is 0. The number of nitrogen functional groups attached to an aromatic ring is 1. The van der Waals surface area contributed by atoms with Crippen LogP contribution in [0.2, 0.25) is 0 Å². The second-order valence-corrected chi connectivity index (χ2v) is 4.81. The highest BCUT2D eigenvalue weighted by Gasteiger charge is 2.28. The van der Waals surface area contributed by atoms with Gasteiger partial charge in [-0.15, -0.1) is 0 Å². The lowest BCUT2D eigenvalue weighted by molar-refractivity contribution is -0.137. The van der Waals surface area contributed by atoms with Crippen molar-refractivity contribution in [3.05, 3.63) is 23.8 Å². The Morgan fingerprint density at radius 1 is 1.40 bits per heavy atom. The molecule has 0 saturated heterocycles. The Morgan fingerprint density at radius 2 is 2.15 bits per heavy atom. The quantitative estimate of drug-likeness (QED) is 0.832. The van der Waals surface area contributed by atoms with E-state index in [1.165, 1.54) is 0 Å². The Morgan fingerprint density at radius 3 is 2.85 bits per heavy atom. The Hall–Kier alpha value is -1.92. The third-order valence-electron chi connectivity index (χ3n) is 3.14. The summed E-state index contributed by atoms with van der Waals surface area (Å²) in [6.07, 6.45) is -2.64. The molecular formula is C13H16F3N3O. The van der Waals surface area contributed by atoms with Crippen LogP contribution >= 0.6 is 0 Å². The number of nitrogens with one attached hydrogen (secondary N) is 1. The first-order valence-corrected chi connectivity index (χ1v) is 6.32. The lowest BCUT2D eigenvalue weighted by Gasteiger charge is -2.31. The molecule has 0 aromatic heterocycles. The number of benzene rings is 1. The predicted molar refractivity (Wildman–Crippen MR) is 70.5 cm³/mol. The summed E-state index contributed by atoms with van der Waals surface area (Å²) in [6.45, 7) is -0.758. The number of anilines is 2. The number of aryl methyl sites for hydroxylation is 1. The fourth-order valence-corrected chi connectivity index (χ4v) is 2.26. The van der Waals surface area contributed by atoms with Gasteiger partial charge in [-0.05, 0) is 30.5 Å². The molecule has 0 unspecified atom stereocenters. The smallest absolute Gasteiger partial charge is 0.399 e. The molecule has 0 bridgehead atoms. The molecule has 110 valence electrons. The van der Waals surface area contributed by atoms with Crippen LogP contribution in [0.15, 0.2) is 18.2 Å². The third-order valence-corrected chi connectivity index (χ3v) is 3.14. The van der Waals surface area contributed by atoms with Crippen molar-refractivity contribution in [3.8, 4) is 0 Å². The van der Waals surface area contributed by atoms with E-state index in [2.05, 4.69) is 0 Å². The van der Waals surface area contributed by atoms with Crippen molar-refractivity contribution in [3.63, 3.8) is 0 Å². The van der Waals surface area contributed by atoms with Gasteiger partial charge in [0.25, 0.3) is 0 Å². The van der Waals surface area contributed by atoms with Gasteiger partial charge in [0.2, 0.25) is 5.91 Å². The number of carbonyl (C=O) groups is 1. The molecule has 0 atom stereocenters. The summed E-state index contributed by atoms with van der Waals surface area (Å²) in [5.41, 5.74) is 8.19. The number of carbonyl (C=O) groups excluding carboxylic acids is 1. The number of rotatable bonds is 3. The maximum atomic E-state index is 12.0. The number of amides is 1.